The van der Waals surface area contributed by atoms with E-state index in [2.05, 4.69) is 11.9 Å². The number of halogens is 3. The molecule has 1 aliphatic rings. The number of alkyl halides is 3. The molecule has 2 N–H and O–H groups in total. The Labute approximate surface area is 156 Å². The van der Waals surface area contributed by atoms with E-state index >= 15 is 0 Å². The van der Waals surface area contributed by atoms with Crippen LogP contribution in [0.1, 0.15) is 42.9 Å². The molecule has 0 saturated carbocycles. The van der Waals surface area contributed by atoms with Crippen LogP contribution in [-0.4, -0.2) is 13.4 Å². The Balaban J connectivity index is 2.01. The summed E-state index contributed by atoms with van der Waals surface area (Å²) in [4.78, 5) is 3.92. The van der Waals surface area contributed by atoms with E-state index in [0.29, 0.717) is 5.92 Å². The Hall–Kier alpha value is -2.19. The normalized spacial score (nSPS) is 18.2. The third kappa shape index (κ3) is 4.22. The lowest BCUT2D eigenvalue weighted by atomic mass is 9.97. The van der Waals surface area contributed by atoms with Crippen molar-refractivity contribution in [2.24, 2.45) is 11.1 Å². The number of benzene rings is 1. The first kappa shape index (κ1) is 19.6. The Morgan fingerprint density at radius 2 is 1.59 bits per heavy atom. The van der Waals surface area contributed by atoms with Crippen molar-refractivity contribution in [3.05, 3.63) is 59.3 Å². The average molecular weight is 396 g/mol. The van der Waals surface area contributed by atoms with Gasteiger partial charge in [-0.1, -0.05) is 31.5 Å². The third-order valence-corrected chi connectivity index (χ3v) is 5.69. The zero-order chi connectivity index (χ0) is 19.8. The number of sulfonamides is 1. The van der Waals surface area contributed by atoms with Gasteiger partial charge in [-0.25, -0.2) is 18.5 Å². The lowest BCUT2D eigenvalue weighted by molar-refractivity contribution is -0.137. The van der Waals surface area contributed by atoms with Gasteiger partial charge in [-0.2, -0.15) is 13.2 Å². The number of rotatable bonds is 4. The van der Waals surface area contributed by atoms with Crippen LogP contribution in [0.15, 0.2) is 47.6 Å². The summed E-state index contributed by atoms with van der Waals surface area (Å²) >= 11 is 0. The zero-order valence-corrected chi connectivity index (χ0v) is 15.4. The average Bonchev–Trinajstić information content (AvgIpc) is 3.05. The molecule has 0 spiro atoms. The zero-order valence-electron chi connectivity index (χ0n) is 14.6. The standard InChI is InChI=1S/C19H19F3N2O2S/c1-2-12-9-16(13-3-6-15(7-4-13)19(20,21)22)17(10-12)14-5-8-18(24-11-14)27(23,25)26/h3-8,11-12H,2,9-10H2,1H3,(H2,23,25,26). The number of allylic oxidation sites excluding steroid dienone is 2. The summed E-state index contributed by atoms with van der Waals surface area (Å²) in [7, 11) is -3.88. The molecular weight excluding hydrogens is 377 g/mol. The van der Waals surface area contributed by atoms with Crippen LogP contribution < -0.4 is 5.14 Å². The maximum atomic E-state index is 12.8. The van der Waals surface area contributed by atoms with Gasteiger partial charge in [0.05, 0.1) is 5.56 Å². The summed E-state index contributed by atoms with van der Waals surface area (Å²) in [6.45, 7) is 2.07. The predicted molar refractivity (Wildman–Crippen MR) is 96.9 cm³/mol. The first-order chi connectivity index (χ1) is 12.6. The molecule has 1 atom stereocenters. The molecule has 1 unspecified atom stereocenters. The Kier molecular flexibility index (Phi) is 5.14. The van der Waals surface area contributed by atoms with Gasteiger partial charge in [0, 0.05) is 6.20 Å². The SMILES string of the molecule is CCC1CC(c2ccc(C(F)(F)F)cc2)=C(c2ccc(S(N)(=O)=O)nc2)C1. The molecule has 2 aromatic rings. The number of pyridine rings is 1. The van der Waals surface area contributed by atoms with Gasteiger partial charge in [0.1, 0.15) is 0 Å². The molecule has 4 nitrogen and oxygen atoms in total. The van der Waals surface area contributed by atoms with Crippen LogP contribution in [0.3, 0.4) is 0 Å². The highest BCUT2D eigenvalue weighted by atomic mass is 32.2. The van der Waals surface area contributed by atoms with E-state index in [-0.39, 0.29) is 5.03 Å². The number of aromatic nitrogens is 1. The van der Waals surface area contributed by atoms with Crippen LogP contribution in [-0.2, 0) is 16.2 Å². The maximum absolute atomic E-state index is 12.8. The molecule has 0 radical (unpaired) electrons. The molecule has 144 valence electrons. The highest BCUT2D eigenvalue weighted by Crippen LogP contribution is 2.44. The topological polar surface area (TPSA) is 73.1 Å². The molecule has 1 aromatic carbocycles. The molecule has 0 amide bonds. The largest absolute Gasteiger partial charge is 0.416 e. The van der Waals surface area contributed by atoms with Crippen molar-refractivity contribution < 1.29 is 21.6 Å². The summed E-state index contributed by atoms with van der Waals surface area (Å²) in [5, 5.41) is 4.86. The van der Waals surface area contributed by atoms with Gasteiger partial charge in [0.2, 0.25) is 0 Å². The Morgan fingerprint density at radius 1 is 1.04 bits per heavy atom. The third-order valence-electron chi connectivity index (χ3n) is 4.86. The van der Waals surface area contributed by atoms with Crippen molar-refractivity contribution in [2.45, 2.75) is 37.4 Å². The fourth-order valence-corrected chi connectivity index (χ4v) is 3.81. The van der Waals surface area contributed by atoms with E-state index in [9.17, 15) is 21.6 Å². The maximum Gasteiger partial charge on any atom is 0.416 e. The van der Waals surface area contributed by atoms with Crippen molar-refractivity contribution in [3.63, 3.8) is 0 Å². The highest BCUT2D eigenvalue weighted by Gasteiger charge is 2.31. The van der Waals surface area contributed by atoms with E-state index < -0.39 is 21.8 Å². The van der Waals surface area contributed by atoms with Crippen molar-refractivity contribution in [1.82, 2.24) is 4.98 Å². The predicted octanol–water partition coefficient (Wildman–Crippen LogP) is 4.48. The number of primary sulfonamides is 1. The monoisotopic (exact) mass is 396 g/mol. The molecule has 0 aliphatic heterocycles. The number of nitrogens with two attached hydrogens (primary N) is 1. The molecule has 27 heavy (non-hydrogen) atoms. The van der Waals surface area contributed by atoms with Crippen LogP contribution in [0.2, 0.25) is 0 Å². The number of hydrogen-bond acceptors (Lipinski definition) is 3. The number of nitrogens with zero attached hydrogens (tertiary/aromatic N) is 1. The lowest BCUT2D eigenvalue weighted by Gasteiger charge is -2.11. The van der Waals surface area contributed by atoms with Crippen LogP contribution in [0, 0.1) is 5.92 Å². The van der Waals surface area contributed by atoms with Gasteiger partial charge in [0.15, 0.2) is 5.03 Å². The lowest BCUT2D eigenvalue weighted by Crippen LogP contribution is -2.13. The molecule has 0 fully saturated rings. The first-order valence-corrected chi connectivity index (χ1v) is 10.0. The quantitative estimate of drug-likeness (QED) is 0.828. The molecule has 1 heterocycles. The first-order valence-electron chi connectivity index (χ1n) is 8.48. The van der Waals surface area contributed by atoms with Crippen molar-refractivity contribution in [3.8, 4) is 0 Å². The summed E-state index contributed by atoms with van der Waals surface area (Å²) in [6.07, 6.45) is -0.449. The molecule has 0 saturated heterocycles. The van der Waals surface area contributed by atoms with E-state index in [1.54, 1.807) is 6.07 Å². The second-order valence-corrected chi connectivity index (χ2v) is 8.15. The van der Waals surface area contributed by atoms with E-state index in [0.717, 1.165) is 53.7 Å². The van der Waals surface area contributed by atoms with Gasteiger partial charge >= 0.3 is 6.18 Å². The molecule has 8 heteroatoms. The van der Waals surface area contributed by atoms with Crippen molar-refractivity contribution in [1.29, 1.82) is 0 Å². The molecule has 1 aliphatic carbocycles. The summed E-state index contributed by atoms with van der Waals surface area (Å²) in [5.41, 5.74) is 2.77. The minimum Gasteiger partial charge on any atom is -0.243 e. The minimum atomic E-state index is -4.37. The van der Waals surface area contributed by atoms with Crippen LogP contribution in [0.25, 0.3) is 11.1 Å². The second-order valence-electron chi connectivity index (χ2n) is 6.64. The van der Waals surface area contributed by atoms with Gasteiger partial charge in [0.25, 0.3) is 10.0 Å². The van der Waals surface area contributed by atoms with Crippen molar-refractivity contribution >= 4 is 21.2 Å². The fourth-order valence-electron chi connectivity index (χ4n) is 3.36. The Bertz CT molecular complexity index is 964. The van der Waals surface area contributed by atoms with Gasteiger partial charge in [-0.05, 0) is 59.2 Å². The Morgan fingerprint density at radius 3 is 2.04 bits per heavy atom. The summed E-state index contributed by atoms with van der Waals surface area (Å²) in [5.74, 6) is 0.384. The second kappa shape index (κ2) is 7.09. The van der Waals surface area contributed by atoms with Crippen LogP contribution >= 0.6 is 0 Å². The van der Waals surface area contributed by atoms with Crippen LogP contribution in [0.5, 0.6) is 0 Å². The fraction of sp³-hybridized carbons (Fsp3) is 0.316. The van der Waals surface area contributed by atoms with Crippen LogP contribution in [0.4, 0.5) is 13.2 Å². The van der Waals surface area contributed by atoms with Gasteiger partial charge in [-0.15, -0.1) is 0 Å². The summed E-state index contributed by atoms with van der Waals surface area (Å²) < 4.78 is 61.2. The van der Waals surface area contributed by atoms with Gasteiger partial charge < -0.3 is 0 Å². The molecule has 0 bridgehead atoms. The molecule has 1 aromatic heterocycles. The molecule has 3 rings (SSSR count). The van der Waals surface area contributed by atoms with Gasteiger partial charge in [-0.3, -0.25) is 0 Å². The minimum absolute atomic E-state index is 0.215. The molecular formula is C19H19F3N2O2S. The van der Waals surface area contributed by atoms with E-state index in [1.165, 1.54) is 24.4 Å². The highest BCUT2D eigenvalue weighted by molar-refractivity contribution is 7.89. The number of hydrogen-bond donors (Lipinski definition) is 1. The smallest absolute Gasteiger partial charge is 0.243 e. The van der Waals surface area contributed by atoms with E-state index in [4.69, 9.17) is 5.14 Å². The van der Waals surface area contributed by atoms with E-state index in [1.807, 2.05) is 0 Å². The van der Waals surface area contributed by atoms with Crippen molar-refractivity contribution in [2.75, 3.05) is 0 Å². The summed E-state index contributed by atoms with van der Waals surface area (Å²) in [6, 6.07) is 8.14.